The number of aromatic nitrogens is 2. The van der Waals surface area contributed by atoms with Crippen LogP contribution >= 0.6 is 22.6 Å². The van der Waals surface area contributed by atoms with Crippen molar-refractivity contribution in [3.63, 3.8) is 0 Å². The van der Waals surface area contributed by atoms with E-state index in [1.54, 1.807) is 7.11 Å². The van der Waals surface area contributed by atoms with Gasteiger partial charge in [0.2, 0.25) is 0 Å². The van der Waals surface area contributed by atoms with Crippen molar-refractivity contribution in [3.8, 4) is 0 Å². The minimum Gasteiger partial charge on any atom is -0.370 e. The first-order valence-electron chi connectivity index (χ1n) is 7.41. The Morgan fingerprint density at radius 1 is 1.35 bits per heavy atom. The molecule has 4 nitrogen and oxygen atoms in total. The van der Waals surface area contributed by atoms with Gasteiger partial charge in [-0.1, -0.05) is 20.8 Å². The maximum Gasteiger partial charge on any atom is 0.162 e. The summed E-state index contributed by atoms with van der Waals surface area (Å²) in [4.78, 5) is 9.59. The fourth-order valence-electron chi connectivity index (χ4n) is 2.43. The zero-order chi connectivity index (χ0) is 14.8. The Balaban J connectivity index is 2.44. The molecule has 5 heteroatoms. The van der Waals surface area contributed by atoms with E-state index in [9.17, 15) is 0 Å². The van der Waals surface area contributed by atoms with Gasteiger partial charge in [-0.15, -0.1) is 0 Å². The first kappa shape index (κ1) is 15.9. The number of methoxy groups -OCH3 is 1. The molecule has 1 aliphatic rings. The third kappa shape index (κ3) is 2.93. The Bertz CT molecular complexity index is 467. The third-order valence-corrected chi connectivity index (χ3v) is 4.99. The third-order valence-electron chi connectivity index (χ3n) is 3.93. The van der Waals surface area contributed by atoms with Crippen molar-refractivity contribution < 1.29 is 4.74 Å². The van der Waals surface area contributed by atoms with Gasteiger partial charge in [0, 0.05) is 13.7 Å². The van der Waals surface area contributed by atoms with E-state index < -0.39 is 0 Å². The first-order chi connectivity index (χ1) is 9.54. The molecule has 1 N–H and O–H groups in total. The number of hydrogen-bond donors (Lipinski definition) is 1. The quantitative estimate of drug-likeness (QED) is 0.746. The molecule has 112 valence electrons. The molecule has 1 aliphatic carbocycles. The van der Waals surface area contributed by atoms with Crippen molar-refractivity contribution in [2.75, 3.05) is 19.0 Å². The Hall–Kier alpha value is -0.430. The van der Waals surface area contributed by atoms with Crippen LogP contribution in [-0.2, 0) is 10.3 Å². The van der Waals surface area contributed by atoms with Gasteiger partial charge >= 0.3 is 0 Å². The summed E-state index contributed by atoms with van der Waals surface area (Å²) in [6.07, 6.45) is 4.32. The zero-order valence-electron chi connectivity index (χ0n) is 12.8. The van der Waals surface area contributed by atoms with Gasteiger partial charge in [0.25, 0.3) is 0 Å². The van der Waals surface area contributed by atoms with Gasteiger partial charge < -0.3 is 10.1 Å². The zero-order valence-corrected chi connectivity index (χ0v) is 15.0. The predicted octanol–water partition coefficient (Wildman–Crippen LogP) is 4.05. The van der Waals surface area contributed by atoms with Crippen LogP contribution < -0.4 is 5.32 Å². The van der Waals surface area contributed by atoms with Crippen LogP contribution in [0.15, 0.2) is 0 Å². The van der Waals surface area contributed by atoms with Gasteiger partial charge in [-0.25, -0.2) is 9.97 Å². The van der Waals surface area contributed by atoms with Crippen molar-refractivity contribution in [1.82, 2.24) is 9.97 Å². The summed E-state index contributed by atoms with van der Waals surface area (Å²) >= 11 is 2.35. The molecule has 0 bridgehead atoms. The number of ether oxygens (including phenoxy) is 1. The van der Waals surface area contributed by atoms with Crippen LogP contribution in [0.4, 0.5) is 5.82 Å². The van der Waals surface area contributed by atoms with Crippen LogP contribution in [0.25, 0.3) is 0 Å². The normalized spacial score (nSPS) is 17.1. The number of halogens is 1. The second-order valence-electron chi connectivity index (χ2n) is 5.73. The number of nitrogens with one attached hydrogen (secondary N) is 1. The van der Waals surface area contributed by atoms with E-state index >= 15 is 0 Å². The minimum absolute atomic E-state index is 0.253. The van der Waals surface area contributed by atoms with Crippen molar-refractivity contribution in [2.45, 2.75) is 58.0 Å². The number of rotatable bonds is 6. The van der Waals surface area contributed by atoms with Gasteiger partial charge in [0.1, 0.15) is 11.4 Å². The smallest absolute Gasteiger partial charge is 0.162 e. The minimum atomic E-state index is -0.253. The van der Waals surface area contributed by atoms with Gasteiger partial charge in [-0.2, -0.15) is 0 Å². The Morgan fingerprint density at radius 2 is 2.05 bits per heavy atom. The maximum absolute atomic E-state index is 5.74. The average molecular weight is 389 g/mol. The van der Waals surface area contributed by atoms with Gasteiger partial charge in [-0.05, 0) is 54.2 Å². The number of hydrogen-bond acceptors (Lipinski definition) is 4. The van der Waals surface area contributed by atoms with Crippen LogP contribution in [0.3, 0.4) is 0 Å². The molecule has 1 fully saturated rings. The van der Waals surface area contributed by atoms with Gasteiger partial charge in [0.05, 0.1) is 9.26 Å². The van der Waals surface area contributed by atoms with Crippen LogP contribution in [0.5, 0.6) is 0 Å². The molecule has 1 aromatic rings. The van der Waals surface area contributed by atoms with Crippen LogP contribution in [-0.4, -0.2) is 23.6 Å². The second kappa shape index (κ2) is 6.56. The summed E-state index contributed by atoms with van der Waals surface area (Å²) in [5, 5.41) is 3.43. The highest BCUT2D eigenvalue weighted by molar-refractivity contribution is 14.1. The van der Waals surface area contributed by atoms with Crippen molar-refractivity contribution in [2.24, 2.45) is 0 Å². The summed E-state index contributed by atoms with van der Waals surface area (Å²) in [6, 6.07) is 0. The van der Waals surface area contributed by atoms with E-state index in [0.29, 0.717) is 5.92 Å². The summed E-state index contributed by atoms with van der Waals surface area (Å²) in [5.41, 5.74) is 0.869. The molecule has 0 atom stereocenters. The van der Waals surface area contributed by atoms with Gasteiger partial charge in [-0.3, -0.25) is 0 Å². The van der Waals surface area contributed by atoms with Crippen molar-refractivity contribution >= 4 is 28.4 Å². The predicted molar refractivity (Wildman–Crippen MR) is 90.2 cm³/mol. The molecular formula is C15H24IN3O. The summed E-state index contributed by atoms with van der Waals surface area (Å²) in [5.74, 6) is 2.21. The SMILES string of the molecule is CCCNc1nc(C2(OC)CCC2)nc(C(C)C)c1I. The van der Waals surface area contributed by atoms with E-state index in [1.165, 1.54) is 6.42 Å². The molecule has 0 saturated heterocycles. The largest absolute Gasteiger partial charge is 0.370 e. The summed E-state index contributed by atoms with van der Waals surface area (Å²) in [6.45, 7) is 7.45. The molecular weight excluding hydrogens is 365 g/mol. The molecule has 0 aliphatic heterocycles. The standard InChI is InChI=1S/C15H24IN3O/c1-5-9-17-13-11(16)12(10(2)3)18-14(19-13)15(20-4)7-6-8-15/h10H,5-9H2,1-4H3,(H,17,18,19). The lowest BCUT2D eigenvalue weighted by Gasteiger charge is -2.39. The molecule has 1 aromatic heterocycles. The molecule has 1 saturated carbocycles. The van der Waals surface area contributed by atoms with Gasteiger partial charge in [0.15, 0.2) is 5.82 Å². The second-order valence-corrected chi connectivity index (χ2v) is 6.81. The highest BCUT2D eigenvalue weighted by Crippen LogP contribution is 2.43. The van der Waals surface area contributed by atoms with E-state index in [2.05, 4.69) is 48.7 Å². The topological polar surface area (TPSA) is 47.0 Å². The lowest BCUT2D eigenvalue weighted by Crippen LogP contribution is -2.38. The Labute approximate surface area is 135 Å². The van der Waals surface area contributed by atoms with Crippen molar-refractivity contribution in [3.05, 3.63) is 15.1 Å². The lowest BCUT2D eigenvalue weighted by molar-refractivity contribution is -0.0847. The van der Waals surface area contributed by atoms with Crippen molar-refractivity contribution in [1.29, 1.82) is 0 Å². The highest BCUT2D eigenvalue weighted by atomic mass is 127. The first-order valence-corrected chi connectivity index (χ1v) is 8.49. The Morgan fingerprint density at radius 3 is 2.50 bits per heavy atom. The molecule has 0 amide bonds. The average Bonchev–Trinajstić information content (AvgIpc) is 2.37. The molecule has 20 heavy (non-hydrogen) atoms. The van der Waals surface area contributed by atoms with E-state index in [4.69, 9.17) is 14.7 Å². The van der Waals surface area contributed by atoms with Crippen LogP contribution in [0, 0.1) is 3.57 Å². The highest BCUT2D eigenvalue weighted by Gasteiger charge is 2.42. The van der Waals surface area contributed by atoms with E-state index in [1.807, 2.05) is 0 Å². The molecule has 0 aromatic carbocycles. The van der Waals surface area contributed by atoms with Crippen LogP contribution in [0.2, 0.25) is 0 Å². The van der Waals surface area contributed by atoms with E-state index in [-0.39, 0.29) is 5.60 Å². The van der Waals surface area contributed by atoms with Crippen LogP contribution in [0.1, 0.15) is 63.9 Å². The molecule has 0 radical (unpaired) electrons. The Kier molecular flexibility index (Phi) is 5.23. The van der Waals surface area contributed by atoms with E-state index in [0.717, 1.165) is 46.7 Å². The molecule has 0 unspecified atom stereocenters. The fourth-order valence-corrected chi connectivity index (χ4v) is 3.48. The summed E-state index contributed by atoms with van der Waals surface area (Å²) < 4.78 is 6.88. The maximum atomic E-state index is 5.74. The lowest BCUT2D eigenvalue weighted by atomic mass is 9.79. The molecule has 0 spiro atoms. The number of nitrogens with zero attached hydrogens (tertiary/aromatic N) is 2. The fraction of sp³-hybridized carbons (Fsp3) is 0.733. The summed E-state index contributed by atoms with van der Waals surface area (Å²) in [7, 11) is 1.77. The molecule has 2 rings (SSSR count). The number of anilines is 1. The molecule has 1 heterocycles. The monoisotopic (exact) mass is 389 g/mol.